The number of hydrogen-bond donors (Lipinski definition) is 1. The molecule has 0 spiro atoms. The Bertz CT molecular complexity index is 561. The molecule has 18 heavy (non-hydrogen) atoms. The third-order valence-corrected chi connectivity index (χ3v) is 4.20. The van der Waals surface area contributed by atoms with Crippen LogP contribution in [0, 0.1) is 0 Å². The van der Waals surface area contributed by atoms with Gasteiger partial charge < -0.3 is 5.32 Å². The van der Waals surface area contributed by atoms with Gasteiger partial charge >= 0.3 is 0 Å². The van der Waals surface area contributed by atoms with Crippen LogP contribution in [0.3, 0.4) is 0 Å². The molecular weight excluding hydrogens is 316 g/mol. The minimum absolute atomic E-state index is 0.0338. The molecule has 1 N–H and O–H groups in total. The molecule has 0 bridgehead atoms. The molecule has 94 valence electrons. The first-order valence-electron chi connectivity index (χ1n) is 5.59. The quantitative estimate of drug-likeness (QED) is 0.933. The molecule has 2 heterocycles. The normalized spacial score (nSPS) is 16.5. The molecule has 2 aromatic rings. The van der Waals surface area contributed by atoms with Crippen molar-refractivity contribution in [2.45, 2.75) is 24.9 Å². The van der Waals surface area contributed by atoms with Crippen LogP contribution in [0.4, 0.5) is 0 Å². The molecule has 0 atom stereocenters. The summed E-state index contributed by atoms with van der Waals surface area (Å²) in [5.41, 5.74) is -0.475. The maximum Gasteiger partial charge on any atom is 0.248 e. The number of amides is 1. The summed E-state index contributed by atoms with van der Waals surface area (Å²) in [6, 6.07) is 1.91. The average Bonchev–Trinajstić information content (AvgIpc) is 2.81. The fraction of sp³-hybridized carbons (Fsp3) is 0.364. The summed E-state index contributed by atoms with van der Waals surface area (Å²) in [5.74, 6) is 0.0338. The van der Waals surface area contributed by atoms with E-state index in [1.165, 1.54) is 11.5 Å². The van der Waals surface area contributed by atoms with Crippen molar-refractivity contribution in [1.29, 1.82) is 0 Å². The molecule has 1 saturated carbocycles. The lowest BCUT2D eigenvalue weighted by atomic mass is 10.2. The summed E-state index contributed by atoms with van der Waals surface area (Å²) >= 11 is 4.75. The minimum Gasteiger partial charge on any atom is -0.349 e. The van der Waals surface area contributed by atoms with Crippen molar-refractivity contribution in [2.24, 2.45) is 0 Å². The van der Waals surface area contributed by atoms with Crippen LogP contribution in [0.5, 0.6) is 0 Å². The SMILES string of the molecule is O=C(NCc1ccns1)C1(n2cc(Br)cn2)CC1. The van der Waals surface area contributed by atoms with Gasteiger partial charge in [-0.2, -0.15) is 5.10 Å². The number of hydrogen-bond acceptors (Lipinski definition) is 4. The lowest BCUT2D eigenvalue weighted by molar-refractivity contribution is -0.126. The van der Waals surface area contributed by atoms with Crippen molar-refractivity contribution in [2.75, 3.05) is 0 Å². The van der Waals surface area contributed by atoms with E-state index in [0.717, 1.165) is 22.2 Å². The van der Waals surface area contributed by atoms with Crippen LogP contribution in [0.25, 0.3) is 0 Å². The van der Waals surface area contributed by atoms with Crippen LogP contribution < -0.4 is 5.32 Å². The molecule has 0 radical (unpaired) electrons. The van der Waals surface area contributed by atoms with Gasteiger partial charge in [0.1, 0.15) is 5.54 Å². The van der Waals surface area contributed by atoms with Gasteiger partial charge in [0.05, 0.1) is 17.2 Å². The molecule has 5 nitrogen and oxygen atoms in total. The molecule has 0 aromatic carbocycles. The van der Waals surface area contributed by atoms with E-state index in [2.05, 4.69) is 30.7 Å². The zero-order valence-electron chi connectivity index (χ0n) is 9.47. The molecule has 7 heteroatoms. The van der Waals surface area contributed by atoms with E-state index in [-0.39, 0.29) is 5.91 Å². The molecule has 1 aliphatic rings. The van der Waals surface area contributed by atoms with Gasteiger partial charge in [-0.1, -0.05) is 0 Å². The van der Waals surface area contributed by atoms with Crippen molar-refractivity contribution in [1.82, 2.24) is 19.5 Å². The topological polar surface area (TPSA) is 59.8 Å². The van der Waals surface area contributed by atoms with Gasteiger partial charge in [0.15, 0.2) is 0 Å². The highest BCUT2D eigenvalue weighted by atomic mass is 79.9. The first-order valence-corrected chi connectivity index (χ1v) is 7.16. The molecule has 0 saturated heterocycles. The zero-order chi connectivity index (χ0) is 12.6. The number of aromatic nitrogens is 3. The highest BCUT2D eigenvalue weighted by Crippen LogP contribution is 2.43. The third-order valence-electron chi connectivity index (χ3n) is 3.05. The summed E-state index contributed by atoms with van der Waals surface area (Å²) in [6.45, 7) is 0.535. The summed E-state index contributed by atoms with van der Waals surface area (Å²) in [5, 5.41) is 7.17. The Balaban J connectivity index is 1.69. The number of rotatable bonds is 4. The second kappa shape index (κ2) is 4.47. The van der Waals surface area contributed by atoms with E-state index in [0.29, 0.717) is 6.54 Å². The van der Waals surface area contributed by atoms with Crippen LogP contribution in [-0.4, -0.2) is 20.1 Å². The summed E-state index contributed by atoms with van der Waals surface area (Å²) < 4.78 is 6.65. The Morgan fingerprint density at radius 2 is 2.44 bits per heavy atom. The predicted molar refractivity (Wildman–Crippen MR) is 71.1 cm³/mol. The lowest BCUT2D eigenvalue weighted by Gasteiger charge is -2.15. The van der Waals surface area contributed by atoms with Crippen LogP contribution in [0.2, 0.25) is 0 Å². The van der Waals surface area contributed by atoms with Crippen LogP contribution in [-0.2, 0) is 16.9 Å². The maximum atomic E-state index is 12.2. The Hall–Kier alpha value is -1.21. The number of carbonyl (C=O) groups is 1. The van der Waals surface area contributed by atoms with Gasteiger partial charge in [0, 0.05) is 17.3 Å². The molecule has 1 fully saturated rings. The van der Waals surface area contributed by atoms with E-state index in [1.54, 1.807) is 17.1 Å². The Labute approximate surface area is 116 Å². The fourth-order valence-corrected chi connectivity index (χ4v) is 2.68. The van der Waals surface area contributed by atoms with Crippen LogP contribution in [0.15, 0.2) is 29.1 Å². The van der Waals surface area contributed by atoms with E-state index < -0.39 is 5.54 Å². The smallest absolute Gasteiger partial charge is 0.248 e. The van der Waals surface area contributed by atoms with Crippen LogP contribution >= 0.6 is 27.5 Å². The molecule has 0 unspecified atom stereocenters. The third kappa shape index (κ3) is 2.08. The van der Waals surface area contributed by atoms with Gasteiger partial charge in [-0.25, -0.2) is 4.37 Å². The van der Waals surface area contributed by atoms with Gasteiger partial charge in [0.2, 0.25) is 5.91 Å². The van der Waals surface area contributed by atoms with E-state index in [4.69, 9.17) is 0 Å². The van der Waals surface area contributed by atoms with E-state index >= 15 is 0 Å². The van der Waals surface area contributed by atoms with Crippen molar-refractivity contribution in [3.05, 3.63) is 34.0 Å². The summed E-state index contributed by atoms with van der Waals surface area (Å²) in [4.78, 5) is 13.3. The summed E-state index contributed by atoms with van der Waals surface area (Å²) in [6.07, 6.45) is 6.98. The first-order chi connectivity index (χ1) is 8.71. The molecule has 0 aliphatic heterocycles. The van der Waals surface area contributed by atoms with Gasteiger partial charge in [-0.3, -0.25) is 9.48 Å². The second-order valence-corrected chi connectivity index (χ2v) is 6.13. The number of nitrogens with zero attached hydrogens (tertiary/aromatic N) is 3. The van der Waals surface area contributed by atoms with E-state index in [9.17, 15) is 4.79 Å². The molecule has 1 aliphatic carbocycles. The second-order valence-electron chi connectivity index (χ2n) is 4.30. The largest absolute Gasteiger partial charge is 0.349 e. The molecular formula is C11H11BrN4OS. The molecule has 1 amide bonds. The van der Waals surface area contributed by atoms with Crippen LogP contribution in [0.1, 0.15) is 17.7 Å². The summed E-state index contributed by atoms with van der Waals surface area (Å²) in [7, 11) is 0. The first kappa shape index (κ1) is 11.9. The minimum atomic E-state index is -0.475. The van der Waals surface area contributed by atoms with Gasteiger partial charge in [-0.15, -0.1) is 0 Å². The predicted octanol–water partition coefficient (Wildman–Crippen LogP) is 1.91. The fourth-order valence-electron chi connectivity index (χ4n) is 1.88. The van der Waals surface area contributed by atoms with Crippen molar-refractivity contribution < 1.29 is 4.79 Å². The van der Waals surface area contributed by atoms with Gasteiger partial charge in [0.25, 0.3) is 0 Å². The number of halogens is 1. The Kier molecular flexibility index (Phi) is 2.95. The highest BCUT2D eigenvalue weighted by molar-refractivity contribution is 9.10. The van der Waals surface area contributed by atoms with E-state index in [1.807, 2.05) is 12.3 Å². The maximum absolute atomic E-state index is 12.2. The standard InChI is InChI=1S/C11H11BrN4OS/c12-8-5-14-16(7-8)11(2-3-11)10(17)13-6-9-1-4-15-18-9/h1,4-5,7H,2-3,6H2,(H,13,17). The molecule has 3 rings (SSSR count). The Morgan fingerprint density at radius 1 is 1.61 bits per heavy atom. The highest BCUT2D eigenvalue weighted by Gasteiger charge is 2.52. The van der Waals surface area contributed by atoms with Crippen molar-refractivity contribution >= 4 is 33.4 Å². The van der Waals surface area contributed by atoms with Gasteiger partial charge in [-0.05, 0) is 46.4 Å². The number of carbonyl (C=O) groups excluding carboxylic acids is 1. The molecule has 2 aromatic heterocycles. The van der Waals surface area contributed by atoms with Crippen molar-refractivity contribution in [3.63, 3.8) is 0 Å². The monoisotopic (exact) mass is 326 g/mol. The lowest BCUT2D eigenvalue weighted by Crippen LogP contribution is -2.38. The zero-order valence-corrected chi connectivity index (χ0v) is 11.9. The number of nitrogens with one attached hydrogen (secondary N) is 1. The average molecular weight is 327 g/mol. The Morgan fingerprint density at radius 3 is 3.00 bits per heavy atom. The van der Waals surface area contributed by atoms with Crippen molar-refractivity contribution in [3.8, 4) is 0 Å².